The largest absolute Gasteiger partial charge is 0.353 e. The van der Waals surface area contributed by atoms with Crippen LogP contribution in [0.1, 0.15) is 62.0 Å². The summed E-state index contributed by atoms with van der Waals surface area (Å²) >= 11 is 12.7. The Hall–Kier alpha value is -1.86. The molecule has 2 aromatic rings. The zero-order chi connectivity index (χ0) is 24.9. The van der Waals surface area contributed by atoms with Gasteiger partial charge in [0.05, 0.1) is 10.6 Å². The molecule has 0 radical (unpaired) electrons. The average molecular weight is 519 g/mol. The highest BCUT2D eigenvalue weighted by Crippen LogP contribution is 2.32. The van der Waals surface area contributed by atoms with Gasteiger partial charge in [-0.3, -0.25) is 14.6 Å². The molecule has 0 saturated carbocycles. The lowest BCUT2D eigenvalue weighted by molar-refractivity contribution is 0.0543. The maximum Gasteiger partial charge on any atom is 0.252 e. The van der Waals surface area contributed by atoms with Crippen molar-refractivity contribution in [2.45, 2.75) is 58.2 Å². The SMILES string of the molecule is CCNC(=O)c1cnc(N2CCN(C3CCN([C@@H](CC)c4ccc(Cl)cc4)CC3)[C@@H](C)C2)c(Cl)c1. The highest BCUT2D eigenvalue weighted by molar-refractivity contribution is 6.33. The third-order valence-corrected chi connectivity index (χ3v) is 7.98. The van der Waals surface area contributed by atoms with Crippen LogP contribution in [0.5, 0.6) is 0 Å². The van der Waals surface area contributed by atoms with Gasteiger partial charge >= 0.3 is 0 Å². The Morgan fingerprint density at radius 2 is 1.83 bits per heavy atom. The molecule has 4 rings (SSSR count). The van der Waals surface area contributed by atoms with E-state index in [-0.39, 0.29) is 5.91 Å². The van der Waals surface area contributed by atoms with Crippen molar-refractivity contribution in [1.82, 2.24) is 20.1 Å². The van der Waals surface area contributed by atoms with E-state index < -0.39 is 0 Å². The van der Waals surface area contributed by atoms with Crippen LogP contribution in [-0.2, 0) is 0 Å². The molecule has 0 unspecified atom stereocenters. The number of rotatable bonds is 7. The van der Waals surface area contributed by atoms with Gasteiger partial charge in [0, 0.05) is 68.6 Å². The van der Waals surface area contributed by atoms with Gasteiger partial charge in [0.25, 0.3) is 5.91 Å². The number of halogens is 2. The van der Waals surface area contributed by atoms with Crippen molar-refractivity contribution in [2.75, 3.05) is 44.2 Å². The van der Waals surface area contributed by atoms with E-state index in [1.54, 1.807) is 12.3 Å². The first-order chi connectivity index (χ1) is 16.9. The van der Waals surface area contributed by atoms with Gasteiger partial charge in [-0.05, 0) is 56.9 Å². The standard InChI is InChI=1S/C27H37Cl2N5O/c1-4-25(20-6-8-22(28)9-7-20)32-12-10-23(11-13-32)34-15-14-33(18-19(34)3)26-24(29)16-21(17-31-26)27(35)30-5-2/h6-9,16-17,19,23,25H,4-5,10-15,18H2,1-3H3,(H,30,35)/t19-,25-/m0/s1. The van der Waals surface area contributed by atoms with Crippen LogP contribution in [0.4, 0.5) is 5.82 Å². The van der Waals surface area contributed by atoms with Gasteiger partial charge in [0.2, 0.25) is 0 Å². The second-order valence-electron chi connectivity index (χ2n) is 9.66. The van der Waals surface area contributed by atoms with Gasteiger partial charge in [0.1, 0.15) is 5.82 Å². The summed E-state index contributed by atoms with van der Waals surface area (Å²) in [7, 11) is 0. The Bertz CT molecular complexity index is 994. The number of benzene rings is 1. The third kappa shape index (κ3) is 6.11. The summed E-state index contributed by atoms with van der Waals surface area (Å²) in [4.78, 5) is 24.2. The molecule has 2 aliphatic rings. The van der Waals surface area contributed by atoms with Crippen molar-refractivity contribution in [3.63, 3.8) is 0 Å². The molecular weight excluding hydrogens is 481 g/mol. The van der Waals surface area contributed by atoms with Gasteiger partial charge in [0.15, 0.2) is 0 Å². The molecule has 2 aliphatic heterocycles. The summed E-state index contributed by atoms with van der Waals surface area (Å²) in [5.74, 6) is 0.633. The van der Waals surface area contributed by atoms with E-state index in [0.717, 1.165) is 50.0 Å². The lowest BCUT2D eigenvalue weighted by Gasteiger charge is -2.47. The van der Waals surface area contributed by atoms with Crippen LogP contribution in [0.25, 0.3) is 0 Å². The topological polar surface area (TPSA) is 51.7 Å². The van der Waals surface area contributed by atoms with Crippen molar-refractivity contribution in [1.29, 1.82) is 0 Å². The van der Waals surface area contributed by atoms with Gasteiger partial charge in [-0.15, -0.1) is 0 Å². The van der Waals surface area contributed by atoms with Crippen molar-refractivity contribution in [3.05, 3.63) is 57.7 Å². The number of aromatic nitrogens is 1. The molecule has 1 aromatic heterocycles. The fourth-order valence-corrected chi connectivity index (χ4v) is 6.09. The number of carbonyl (C=O) groups excluding carboxylic acids is 1. The van der Waals surface area contributed by atoms with Crippen LogP contribution in [0, 0.1) is 0 Å². The minimum Gasteiger partial charge on any atom is -0.353 e. The predicted octanol–water partition coefficient (Wildman–Crippen LogP) is 5.26. The number of amides is 1. The molecular formula is C27H37Cl2N5O. The molecule has 1 aromatic carbocycles. The maximum absolute atomic E-state index is 12.1. The number of nitrogens with zero attached hydrogens (tertiary/aromatic N) is 4. The van der Waals surface area contributed by atoms with E-state index in [0.29, 0.717) is 35.3 Å². The lowest BCUT2D eigenvalue weighted by Crippen LogP contribution is -2.57. The molecule has 2 fully saturated rings. The zero-order valence-corrected chi connectivity index (χ0v) is 22.5. The molecule has 35 heavy (non-hydrogen) atoms. The Kier molecular flexibility index (Phi) is 8.92. The van der Waals surface area contributed by atoms with Crippen LogP contribution < -0.4 is 10.2 Å². The Morgan fingerprint density at radius 3 is 2.43 bits per heavy atom. The monoisotopic (exact) mass is 517 g/mol. The Labute approximate surface area is 219 Å². The molecule has 190 valence electrons. The predicted molar refractivity (Wildman–Crippen MR) is 145 cm³/mol. The second kappa shape index (κ2) is 11.9. The summed E-state index contributed by atoms with van der Waals surface area (Å²) in [5, 5.41) is 4.13. The van der Waals surface area contributed by atoms with Crippen LogP contribution in [0.15, 0.2) is 36.5 Å². The van der Waals surface area contributed by atoms with Crippen LogP contribution in [0.3, 0.4) is 0 Å². The van der Waals surface area contributed by atoms with E-state index in [4.69, 9.17) is 23.2 Å². The first-order valence-corrected chi connectivity index (χ1v) is 13.6. The van der Waals surface area contributed by atoms with Gasteiger partial charge in [-0.2, -0.15) is 0 Å². The van der Waals surface area contributed by atoms with E-state index in [1.807, 2.05) is 19.1 Å². The molecule has 3 heterocycles. The summed E-state index contributed by atoms with van der Waals surface area (Å²) in [5.41, 5.74) is 1.86. The molecule has 2 saturated heterocycles. The molecule has 0 spiro atoms. The van der Waals surface area contributed by atoms with Gasteiger partial charge in [-0.1, -0.05) is 42.3 Å². The number of hydrogen-bond acceptors (Lipinski definition) is 5. The minimum absolute atomic E-state index is 0.139. The number of piperidine rings is 1. The zero-order valence-electron chi connectivity index (χ0n) is 21.0. The molecule has 8 heteroatoms. The number of likely N-dealkylation sites (tertiary alicyclic amines) is 1. The molecule has 1 amide bonds. The highest BCUT2D eigenvalue weighted by Gasteiger charge is 2.34. The third-order valence-electron chi connectivity index (χ3n) is 7.45. The fourth-order valence-electron chi connectivity index (χ4n) is 5.68. The van der Waals surface area contributed by atoms with Crippen molar-refractivity contribution in [3.8, 4) is 0 Å². The number of nitrogens with one attached hydrogen (secondary N) is 1. The van der Waals surface area contributed by atoms with Crippen molar-refractivity contribution >= 4 is 34.9 Å². The Balaban J connectivity index is 1.33. The summed E-state index contributed by atoms with van der Waals surface area (Å²) in [6.07, 6.45) is 5.11. The van der Waals surface area contributed by atoms with E-state index in [2.05, 4.69) is 51.0 Å². The minimum atomic E-state index is -0.139. The van der Waals surface area contributed by atoms with Crippen LogP contribution >= 0.6 is 23.2 Å². The van der Waals surface area contributed by atoms with E-state index >= 15 is 0 Å². The van der Waals surface area contributed by atoms with E-state index in [1.165, 1.54) is 18.4 Å². The number of carbonyl (C=O) groups is 1. The molecule has 2 atom stereocenters. The smallest absolute Gasteiger partial charge is 0.252 e. The summed E-state index contributed by atoms with van der Waals surface area (Å²) in [6.45, 7) is 12.1. The first kappa shape index (κ1) is 26.2. The summed E-state index contributed by atoms with van der Waals surface area (Å²) < 4.78 is 0. The van der Waals surface area contributed by atoms with Gasteiger partial charge < -0.3 is 10.2 Å². The Morgan fingerprint density at radius 1 is 1.11 bits per heavy atom. The molecule has 0 aliphatic carbocycles. The quantitative estimate of drug-likeness (QED) is 0.542. The highest BCUT2D eigenvalue weighted by atomic mass is 35.5. The lowest BCUT2D eigenvalue weighted by atomic mass is 9.95. The van der Waals surface area contributed by atoms with Crippen LogP contribution in [-0.4, -0.2) is 72.0 Å². The first-order valence-electron chi connectivity index (χ1n) is 12.8. The van der Waals surface area contributed by atoms with Crippen molar-refractivity contribution < 1.29 is 4.79 Å². The maximum atomic E-state index is 12.1. The molecule has 6 nitrogen and oxygen atoms in total. The van der Waals surface area contributed by atoms with E-state index in [9.17, 15) is 4.79 Å². The average Bonchev–Trinajstić information content (AvgIpc) is 2.86. The van der Waals surface area contributed by atoms with Gasteiger partial charge in [-0.25, -0.2) is 4.98 Å². The molecule has 0 bridgehead atoms. The number of hydrogen-bond donors (Lipinski definition) is 1. The summed E-state index contributed by atoms with van der Waals surface area (Å²) in [6, 6.07) is 11.6. The number of piperazine rings is 1. The number of anilines is 1. The fraction of sp³-hybridized carbons (Fsp3) is 0.556. The van der Waals surface area contributed by atoms with Crippen LogP contribution in [0.2, 0.25) is 10.0 Å². The normalized spacial score (nSPS) is 21.2. The van der Waals surface area contributed by atoms with Crippen molar-refractivity contribution in [2.24, 2.45) is 0 Å². The molecule has 1 N–H and O–H groups in total. The second-order valence-corrected chi connectivity index (χ2v) is 10.5. The number of pyridine rings is 1.